The minimum Gasteiger partial charge on any atom is -0.505 e. The number of Topliss-reactive ketones (excluding diaryl/α,β-unsaturated/α-hetero) is 4. The summed E-state index contributed by atoms with van der Waals surface area (Å²) >= 11 is 0. The lowest BCUT2D eigenvalue weighted by atomic mass is 9.52. The molecular formula is C39H47N5O12. The number of nitrogens with zero attached hydrogens (tertiary/aromatic N) is 3. The molecule has 5 rings (SSSR count). The van der Waals surface area contributed by atoms with E-state index in [4.69, 9.17) is 15.2 Å². The summed E-state index contributed by atoms with van der Waals surface area (Å²) in [5.41, 5.74) is 4.68. The van der Waals surface area contributed by atoms with Crippen LogP contribution in [0.2, 0.25) is 0 Å². The second kappa shape index (κ2) is 15.8. The van der Waals surface area contributed by atoms with Gasteiger partial charge in [0.15, 0.2) is 34.7 Å². The predicted molar refractivity (Wildman–Crippen MR) is 199 cm³/mol. The number of amides is 3. The highest BCUT2D eigenvalue weighted by atomic mass is 16.7. The fourth-order valence-corrected chi connectivity index (χ4v) is 8.41. The van der Waals surface area contributed by atoms with Crippen LogP contribution in [-0.4, -0.2) is 127 Å². The Balaban J connectivity index is 1.38. The molecular weight excluding hydrogens is 730 g/mol. The zero-order valence-corrected chi connectivity index (χ0v) is 32.3. The maximum absolute atomic E-state index is 14.3. The molecule has 0 heterocycles. The van der Waals surface area contributed by atoms with E-state index in [1.165, 1.54) is 25.1 Å². The van der Waals surface area contributed by atoms with E-state index in [0.29, 0.717) is 17.7 Å². The summed E-state index contributed by atoms with van der Waals surface area (Å²) in [7, 11) is 6.33. The third kappa shape index (κ3) is 7.35. The number of ketones is 4. The molecule has 2 aromatic carbocycles. The van der Waals surface area contributed by atoms with Gasteiger partial charge in [-0.25, -0.2) is 9.59 Å². The molecule has 0 aliphatic heterocycles. The van der Waals surface area contributed by atoms with Crippen LogP contribution in [0.5, 0.6) is 5.75 Å². The van der Waals surface area contributed by atoms with Crippen molar-refractivity contribution in [2.45, 2.75) is 51.7 Å². The van der Waals surface area contributed by atoms with Crippen LogP contribution in [0.1, 0.15) is 57.2 Å². The number of benzene rings is 2. The van der Waals surface area contributed by atoms with Gasteiger partial charge in [0.05, 0.1) is 28.8 Å². The van der Waals surface area contributed by atoms with Gasteiger partial charge in [0.2, 0.25) is 18.6 Å². The zero-order valence-electron chi connectivity index (χ0n) is 32.3. The second-order valence-corrected chi connectivity index (χ2v) is 15.1. The Labute approximate surface area is 323 Å². The maximum atomic E-state index is 14.3. The molecule has 3 aliphatic carbocycles. The average Bonchev–Trinajstić information content (AvgIpc) is 3.09. The Morgan fingerprint density at radius 1 is 0.964 bits per heavy atom. The second-order valence-electron chi connectivity index (χ2n) is 15.1. The van der Waals surface area contributed by atoms with E-state index in [1.807, 2.05) is 19.9 Å². The lowest BCUT2D eigenvalue weighted by Gasteiger charge is -2.52. The SMILES string of the molecule is CCCN(CC(=O)Nc1cc(N(C)C)c2c(c1O)C(=O)C1C(=O)[C@]3(O)C(=O)C(C(N)=O)C(=O)[C@@H](N(C)C)[C@@H]3C[C@@H]1C2)C(=O)OCOC(=O)c1cc(C)cc(C)c1. The normalized spacial score (nSPS) is 24.1. The fourth-order valence-electron chi connectivity index (χ4n) is 8.41. The number of aromatic hydroxyl groups is 1. The number of nitrogens with one attached hydrogen (secondary N) is 1. The molecule has 0 saturated heterocycles. The molecule has 2 saturated carbocycles. The quantitative estimate of drug-likeness (QED) is 0.108. The highest BCUT2D eigenvalue weighted by Gasteiger charge is 2.69. The number of ether oxygens (including phenoxy) is 2. The number of phenolic OH excluding ortho intramolecular Hbond substituents is 1. The molecule has 56 heavy (non-hydrogen) atoms. The maximum Gasteiger partial charge on any atom is 0.413 e. The van der Waals surface area contributed by atoms with E-state index in [0.717, 1.165) is 16.0 Å². The van der Waals surface area contributed by atoms with E-state index in [-0.39, 0.29) is 36.2 Å². The van der Waals surface area contributed by atoms with Gasteiger partial charge in [-0.05, 0) is 76.9 Å². The highest BCUT2D eigenvalue weighted by Crippen LogP contribution is 2.52. The Hall–Kier alpha value is -5.68. The first-order chi connectivity index (χ1) is 26.2. The van der Waals surface area contributed by atoms with Crippen molar-refractivity contribution in [2.75, 3.05) is 58.3 Å². The summed E-state index contributed by atoms with van der Waals surface area (Å²) < 4.78 is 10.2. The Kier molecular flexibility index (Phi) is 11.7. The van der Waals surface area contributed by atoms with Gasteiger partial charge in [-0.1, -0.05) is 24.1 Å². The number of hydrogen-bond acceptors (Lipinski definition) is 14. The summed E-state index contributed by atoms with van der Waals surface area (Å²) in [6.45, 7) is 4.19. The van der Waals surface area contributed by atoms with E-state index in [9.17, 15) is 48.6 Å². The Morgan fingerprint density at radius 3 is 2.18 bits per heavy atom. The number of rotatable bonds is 11. The number of likely N-dealkylation sites (N-methyl/N-ethyl adjacent to an activating group) is 1. The zero-order chi connectivity index (χ0) is 41.5. The Morgan fingerprint density at radius 2 is 1.61 bits per heavy atom. The number of carbonyl (C=O) groups excluding carboxylic acids is 8. The monoisotopic (exact) mass is 777 g/mol. The summed E-state index contributed by atoms with van der Waals surface area (Å²) in [4.78, 5) is 111. The van der Waals surface area contributed by atoms with E-state index < -0.39 is 101 Å². The topological polar surface area (TPSA) is 243 Å². The van der Waals surface area contributed by atoms with Gasteiger partial charge in [0.25, 0.3) is 0 Å². The summed E-state index contributed by atoms with van der Waals surface area (Å²) in [5, 5.41) is 25.9. The van der Waals surface area contributed by atoms with Crippen molar-refractivity contribution in [3.05, 3.63) is 52.1 Å². The molecule has 0 bridgehead atoms. The summed E-state index contributed by atoms with van der Waals surface area (Å²) in [5.74, 6) is -13.7. The van der Waals surface area contributed by atoms with Gasteiger partial charge in [-0.15, -0.1) is 0 Å². The number of anilines is 2. The smallest absolute Gasteiger partial charge is 0.413 e. The predicted octanol–water partition coefficient (Wildman–Crippen LogP) is 1.15. The first kappa shape index (κ1) is 41.5. The number of hydrogen-bond donors (Lipinski definition) is 4. The minimum absolute atomic E-state index is 0.0192. The lowest BCUT2D eigenvalue weighted by Crippen LogP contribution is -2.74. The third-order valence-corrected chi connectivity index (χ3v) is 10.7. The largest absolute Gasteiger partial charge is 0.505 e. The Bertz CT molecular complexity index is 2010. The number of aryl methyl sites for hydroxylation is 2. The minimum atomic E-state index is -2.89. The molecule has 300 valence electrons. The van der Waals surface area contributed by atoms with Crippen molar-refractivity contribution in [2.24, 2.45) is 29.4 Å². The van der Waals surface area contributed by atoms with Crippen molar-refractivity contribution in [1.82, 2.24) is 9.80 Å². The van der Waals surface area contributed by atoms with Gasteiger partial charge in [-0.3, -0.25) is 38.6 Å². The number of primary amides is 1. The van der Waals surface area contributed by atoms with Crippen LogP contribution in [0.3, 0.4) is 0 Å². The standard InChI is InChI=1S/C39H47N5O12/c1-8-9-44(38(53)56-17-55-37(52)21-11-18(2)10-19(3)12-21)16-26(45)41-24-15-25(42(4)5)22-13-20-14-23-30(43(6)7)33(48)29(36(40)51)35(50)39(23,54)34(49)27(20)32(47)28(22)31(24)46/h10-12,15,20,23,27,29-30,46,54H,8-9,13-14,16-17H2,1-7H3,(H2,40,51)(H,41,45)/t20-,23-,27?,29?,30-,39-/m0/s1. The van der Waals surface area contributed by atoms with Crippen LogP contribution < -0.4 is 16.0 Å². The van der Waals surface area contributed by atoms with Crippen molar-refractivity contribution >= 4 is 58.4 Å². The first-order valence-electron chi connectivity index (χ1n) is 18.1. The van der Waals surface area contributed by atoms with Crippen molar-refractivity contribution in [3.8, 4) is 5.75 Å². The highest BCUT2D eigenvalue weighted by molar-refractivity contribution is 6.32. The fraction of sp³-hybridized carbons (Fsp3) is 0.487. The molecule has 5 N–H and O–H groups in total. The number of fused-ring (bicyclic) bond motifs is 3. The van der Waals surface area contributed by atoms with Crippen LogP contribution in [0.25, 0.3) is 0 Å². The molecule has 2 unspecified atom stereocenters. The summed E-state index contributed by atoms with van der Waals surface area (Å²) in [6.07, 6.45) is -0.638. The molecule has 2 aromatic rings. The van der Waals surface area contributed by atoms with E-state index >= 15 is 0 Å². The first-order valence-corrected chi connectivity index (χ1v) is 18.1. The third-order valence-electron chi connectivity index (χ3n) is 10.7. The van der Waals surface area contributed by atoms with Crippen LogP contribution in [0.15, 0.2) is 24.3 Å². The van der Waals surface area contributed by atoms with Gasteiger partial charge in [-0.2, -0.15) is 0 Å². The van der Waals surface area contributed by atoms with Crippen LogP contribution in [0, 0.1) is 37.5 Å². The number of nitrogens with two attached hydrogens (primary N) is 1. The van der Waals surface area contributed by atoms with Crippen LogP contribution >= 0.6 is 0 Å². The summed E-state index contributed by atoms with van der Waals surface area (Å²) in [6, 6.07) is 5.33. The van der Waals surface area contributed by atoms with E-state index in [1.54, 1.807) is 38.1 Å². The molecule has 0 aromatic heterocycles. The average molecular weight is 778 g/mol. The van der Waals surface area contributed by atoms with Crippen molar-refractivity contribution in [3.63, 3.8) is 0 Å². The number of esters is 1. The van der Waals surface area contributed by atoms with Gasteiger partial charge in [0.1, 0.15) is 12.3 Å². The van der Waals surface area contributed by atoms with E-state index in [2.05, 4.69) is 5.32 Å². The molecule has 17 nitrogen and oxygen atoms in total. The molecule has 3 amide bonds. The van der Waals surface area contributed by atoms with Gasteiger partial charge in [0, 0.05) is 32.2 Å². The molecule has 3 aliphatic rings. The van der Waals surface area contributed by atoms with Crippen molar-refractivity contribution < 1.29 is 58.0 Å². The number of aliphatic hydroxyl groups is 1. The lowest BCUT2D eigenvalue weighted by molar-refractivity contribution is -0.181. The number of carbonyl (C=O) groups is 8. The van der Waals surface area contributed by atoms with Crippen molar-refractivity contribution in [1.29, 1.82) is 0 Å². The van der Waals surface area contributed by atoms with Crippen LogP contribution in [0.4, 0.5) is 16.2 Å². The molecule has 6 atom stereocenters. The molecule has 0 spiro atoms. The number of phenols is 1. The molecule has 2 fully saturated rings. The van der Waals surface area contributed by atoms with Crippen LogP contribution in [-0.2, 0) is 39.9 Å². The van der Waals surface area contributed by atoms with Gasteiger partial charge < -0.3 is 35.6 Å². The molecule has 0 radical (unpaired) electrons. The molecule has 17 heteroatoms. The van der Waals surface area contributed by atoms with Gasteiger partial charge >= 0.3 is 12.1 Å².